The molecule has 4 nitrogen and oxygen atoms in total. The molecule has 0 aromatic heterocycles. The van der Waals surface area contributed by atoms with E-state index in [4.69, 9.17) is 4.74 Å². The van der Waals surface area contributed by atoms with Gasteiger partial charge in [0.15, 0.2) is 0 Å². The van der Waals surface area contributed by atoms with E-state index in [-0.39, 0.29) is 6.09 Å². The highest BCUT2D eigenvalue weighted by atomic mass is 16.5. The largest absolute Gasteiger partial charge is 0.453 e. The van der Waals surface area contributed by atoms with Crippen LogP contribution in [0, 0.1) is 0 Å². The Morgan fingerprint density at radius 2 is 1.76 bits per heavy atom. The zero-order valence-corrected chi connectivity index (χ0v) is 12.3. The van der Waals surface area contributed by atoms with E-state index in [1.54, 1.807) is 4.90 Å². The lowest BCUT2D eigenvalue weighted by Gasteiger charge is -2.34. The van der Waals surface area contributed by atoms with Crippen molar-refractivity contribution in [2.24, 2.45) is 0 Å². The van der Waals surface area contributed by atoms with Gasteiger partial charge in [-0.2, -0.15) is 0 Å². The molecule has 1 aliphatic rings. The van der Waals surface area contributed by atoms with Gasteiger partial charge in [0.05, 0.1) is 7.11 Å². The number of nitrogens with zero attached hydrogens (tertiary/aromatic N) is 2. The number of fused-ring (bicyclic) bond motifs is 1. The average molecular weight is 284 g/mol. The monoisotopic (exact) mass is 284 g/mol. The van der Waals surface area contributed by atoms with E-state index < -0.39 is 0 Å². The highest BCUT2D eigenvalue weighted by Gasteiger charge is 2.21. The first-order valence-electron chi connectivity index (χ1n) is 7.30. The summed E-state index contributed by atoms with van der Waals surface area (Å²) in [6, 6.07) is 14.9. The maximum atomic E-state index is 11.5. The Morgan fingerprint density at radius 1 is 1.05 bits per heavy atom. The molecule has 0 atom stereocenters. The minimum Gasteiger partial charge on any atom is -0.453 e. The fourth-order valence-electron chi connectivity index (χ4n) is 2.89. The Bertz CT molecular complexity index is 628. The third-order valence-corrected chi connectivity index (χ3v) is 4.08. The van der Waals surface area contributed by atoms with Gasteiger partial charge in [0.1, 0.15) is 0 Å². The first-order valence-corrected chi connectivity index (χ1v) is 7.30. The van der Waals surface area contributed by atoms with Crippen LogP contribution in [0.4, 0.5) is 4.79 Å². The highest BCUT2D eigenvalue weighted by molar-refractivity contribution is 5.85. The zero-order chi connectivity index (χ0) is 14.7. The molecule has 2 aromatic rings. The van der Waals surface area contributed by atoms with Crippen LogP contribution in [0.5, 0.6) is 0 Å². The molecule has 1 heterocycles. The molecule has 1 aliphatic heterocycles. The molecule has 0 unspecified atom stereocenters. The van der Waals surface area contributed by atoms with Crippen molar-refractivity contribution in [1.29, 1.82) is 0 Å². The normalized spacial score (nSPS) is 16.1. The number of amides is 1. The van der Waals surface area contributed by atoms with Crippen LogP contribution in [-0.2, 0) is 11.3 Å². The maximum absolute atomic E-state index is 11.5. The van der Waals surface area contributed by atoms with E-state index in [1.807, 2.05) is 0 Å². The summed E-state index contributed by atoms with van der Waals surface area (Å²) in [4.78, 5) is 15.6. The number of ether oxygens (including phenoxy) is 1. The van der Waals surface area contributed by atoms with Gasteiger partial charge in [-0.25, -0.2) is 4.79 Å². The minimum atomic E-state index is -0.222. The zero-order valence-electron chi connectivity index (χ0n) is 12.3. The smallest absolute Gasteiger partial charge is 0.409 e. The Hall–Kier alpha value is -2.07. The number of benzene rings is 2. The number of rotatable bonds is 2. The number of carbonyl (C=O) groups excluding carboxylic acids is 1. The van der Waals surface area contributed by atoms with Crippen LogP contribution in [-0.4, -0.2) is 49.2 Å². The molecule has 4 heteroatoms. The molecule has 0 bridgehead atoms. The predicted molar refractivity (Wildman–Crippen MR) is 83.2 cm³/mol. The second-order valence-corrected chi connectivity index (χ2v) is 5.37. The third kappa shape index (κ3) is 3.00. The molecule has 1 fully saturated rings. The van der Waals surface area contributed by atoms with Crippen molar-refractivity contribution in [3.63, 3.8) is 0 Å². The Balaban J connectivity index is 1.69. The molecule has 0 N–H and O–H groups in total. The van der Waals surface area contributed by atoms with Crippen molar-refractivity contribution in [3.05, 3.63) is 48.0 Å². The van der Waals surface area contributed by atoms with Crippen LogP contribution in [0.15, 0.2) is 42.5 Å². The molecule has 110 valence electrons. The lowest BCUT2D eigenvalue weighted by Crippen LogP contribution is -2.48. The van der Waals surface area contributed by atoms with E-state index in [2.05, 4.69) is 47.4 Å². The summed E-state index contributed by atoms with van der Waals surface area (Å²) < 4.78 is 4.77. The van der Waals surface area contributed by atoms with Gasteiger partial charge in [-0.3, -0.25) is 4.90 Å². The summed E-state index contributed by atoms with van der Waals surface area (Å²) in [5, 5.41) is 2.60. The molecular weight excluding hydrogens is 264 g/mol. The molecule has 1 saturated heterocycles. The van der Waals surface area contributed by atoms with E-state index >= 15 is 0 Å². The molecule has 0 saturated carbocycles. The first-order chi connectivity index (χ1) is 10.3. The van der Waals surface area contributed by atoms with Gasteiger partial charge in [0.25, 0.3) is 0 Å². The summed E-state index contributed by atoms with van der Waals surface area (Å²) in [6.07, 6.45) is -0.222. The fraction of sp³-hybridized carbons (Fsp3) is 0.353. The summed E-state index contributed by atoms with van der Waals surface area (Å²) >= 11 is 0. The molecule has 0 spiro atoms. The van der Waals surface area contributed by atoms with Crippen molar-refractivity contribution in [3.8, 4) is 0 Å². The van der Waals surface area contributed by atoms with Crippen molar-refractivity contribution in [1.82, 2.24) is 9.80 Å². The average Bonchev–Trinajstić information content (AvgIpc) is 2.55. The van der Waals surface area contributed by atoms with E-state index in [0.29, 0.717) is 0 Å². The first kappa shape index (κ1) is 13.9. The molecule has 2 aromatic carbocycles. The number of hydrogen-bond acceptors (Lipinski definition) is 3. The minimum absolute atomic E-state index is 0.222. The molecule has 21 heavy (non-hydrogen) atoms. The summed E-state index contributed by atoms with van der Waals surface area (Å²) in [5.74, 6) is 0. The molecule has 0 aliphatic carbocycles. The Labute approximate surface area is 124 Å². The Kier molecular flexibility index (Phi) is 4.06. The van der Waals surface area contributed by atoms with Gasteiger partial charge in [0.2, 0.25) is 0 Å². The van der Waals surface area contributed by atoms with E-state index in [1.165, 1.54) is 23.4 Å². The van der Waals surface area contributed by atoms with Crippen LogP contribution in [0.25, 0.3) is 10.8 Å². The van der Waals surface area contributed by atoms with Crippen molar-refractivity contribution in [2.75, 3.05) is 33.3 Å². The standard InChI is InChI=1S/C17H20N2O2/c1-21-17(20)19-11-9-18(10-12-19)13-15-7-4-6-14-5-2-3-8-16(14)15/h2-8H,9-13H2,1H3. The van der Waals surface area contributed by atoms with Crippen LogP contribution in [0.1, 0.15) is 5.56 Å². The van der Waals surface area contributed by atoms with E-state index in [9.17, 15) is 4.79 Å². The number of piperazine rings is 1. The van der Waals surface area contributed by atoms with Crippen LogP contribution >= 0.6 is 0 Å². The lowest BCUT2D eigenvalue weighted by atomic mass is 10.0. The summed E-state index contributed by atoms with van der Waals surface area (Å²) in [6.45, 7) is 4.17. The van der Waals surface area contributed by atoms with Crippen molar-refractivity contribution < 1.29 is 9.53 Å². The van der Waals surface area contributed by atoms with Crippen molar-refractivity contribution >= 4 is 16.9 Å². The fourth-order valence-corrected chi connectivity index (χ4v) is 2.89. The number of methoxy groups -OCH3 is 1. The summed E-state index contributed by atoms with van der Waals surface area (Å²) in [5.41, 5.74) is 1.35. The summed E-state index contributed by atoms with van der Waals surface area (Å²) in [7, 11) is 1.44. The van der Waals surface area contributed by atoms with Gasteiger partial charge in [-0.15, -0.1) is 0 Å². The third-order valence-electron chi connectivity index (χ3n) is 4.08. The van der Waals surface area contributed by atoms with Crippen LogP contribution in [0.3, 0.4) is 0 Å². The van der Waals surface area contributed by atoms with Crippen molar-refractivity contribution in [2.45, 2.75) is 6.54 Å². The van der Waals surface area contributed by atoms with Gasteiger partial charge in [-0.05, 0) is 16.3 Å². The molecule has 0 radical (unpaired) electrons. The van der Waals surface area contributed by atoms with Gasteiger partial charge in [-0.1, -0.05) is 42.5 Å². The van der Waals surface area contributed by atoms with Gasteiger partial charge >= 0.3 is 6.09 Å². The predicted octanol–water partition coefficient (Wildman–Crippen LogP) is 2.72. The van der Waals surface area contributed by atoms with Crippen LogP contribution < -0.4 is 0 Å². The highest BCUT2D eigenvalue weighted by Crippen LogP contribution is 2.20. The maximum Gasteiger partial charge on any atom is 0.409 e. The van der Waals surface area contributed by atoms with Crippen LogP contribution in [0.2, 0.25) is 0 Å². The van der Waals surface area contributed by atoms with Gasteiger partial charge in [0, 0.05) is 32.7 Å². The van der Waals surface area contributed by atoms with E-state index in [0.717, 1.165) is 32.7 Å². The molecule has 3 rings (SSSR count). The number of hydrogen-bond donors (Lipinski definition) is 0. The second kappa shape index (κ2) is 6.14. The molecular formula is C17H20N2O2. The number of carbonyl (C=O) groups is 1. The SMILES string of the molecule is COC(=O)N1CCN(Cc2cccc3ccccc23)CC1. The second-order valence-electron chi connectivity index (χ2n) is 5.37. The topological polar surface area (TPSA) is 32.8 Å². The Morgan fingerprint density at radius 3 is 2.52 bits per heavy atom. The molecule has 1 amide bonds. The van der Waals surface area contributed by atoms with Gasteiger partial charge < -0.3 is 9.64 Å². The lowest BCUT2D eigenvalue weighted by molar-refractivity contribution is 0.0890. The quantitative estimate of drug-likeness (QED) is 0.850.